The molecule has 2 heterocycles. The fourth-order valence-electron chi connectivity index (χ4n) is 3.66. The topological polar surface area (TPSA) is 122 Å². The summed E-state index contributed by atoms with van der Waals surface area (Å²) in [6.07, 6.45) is 2.89. The molecule has 30 heavy (non-hydrogen) atoms. The van der Waals surface area contributed by atoms with Crippen LogP contribution in [0.1, 0.15) is 19.3 Å². The molecule has 168 valence electrons. The second-order valence-electron chi connectivity index (χ2n) is 7.25. The highest BCUT2D eigenvalue weighted by molar-refractivity contribution is 7.89. The van der Waals surface area contributed by atoms with E-state index in [9.17, 15) is 21.6 Å². The molecule has 2 saturated heterocycles. The fraction of sp³-hybridized carbons (Fsp3) is 0.611. The molecule has 12 heteroatoms. The van der Waals surface area contributed by atoms with Crippen LogP contribution in [0.2, 0.25) is 0 Å². The Morgan fingerprint density at radius 2 is 1.83 bits per heavy atom. The van der Waals surface area contributed by atoms with Gasteiger partial charge in [0.15, 0.2) is 0 Å². The number of piperidine rings is 1. The van der Waals surface area contributed by atoms with Crippen LogP contribution < -0.4 is 10.1 Å². The highest BCUT2D eigenvalue weighted by Crippen LogP contribution is 2.30. The number of morpholine rings is 1. The average Bonchev–Trinajstić information content (AvgIpc) is 2.73. The molecule has 0 bridgehead atoms. The van der Waals surface area contributed by atoms with Gasteiger partial charge in [-0.3, -0.25) is 4.79 Å². The molecule has 0 radical (unpaired) electrons. The summed E-state index contributed by atoms with van der Waals surface area (Å²) < 4.78 is 63.0. The molecular formula is C18H27N3O7S2. The van der Waals surface area contributed by atoms with Gasteiger partial charge in [-0.1, -0.05) is 6.42 Å². The van der Waals surface area contributed by atoms with Crippen LogP contribution in [0.25, 0.3) is 0 Å². The van der Waals surface area contributed by atoms with Gasteiger partial charge in [0.2, 0.25) is 26.0 Å². The molecule has 2 aliphatic rings. The van der Waals surface area contributed by atoms with Crippen molar-refractivity contribution in [3.05, 3.63) is 18.2 Å². The van der Waals surface area contributed by atoms with Gasteiger partial charge in [-0.05, 0) is 31.0 Å². The summed E-state index contributed by atoms with van der Waals surface area (Å²) in [6.45, 7) is 1.42. The van der Waals surface area contributed by atoms with Crippen LogP contribution in [0, 0.1) is 0 Å². The Bertz CT molecular complexity index is 989. The molecule has 10 nitrogen and oxygen atoms in total. The van der Waals surface area contributed by atoms with E-state index in [1.165, 1.54) is 33.9 Å². The Kier molecular flexibility index (Phi) is 7.02. The molecule has 3 rings (SSSR count). The Morgan fingerprint density at radius 1 is 1.13 bits per heavy atom. The van der Waals surface area contributed by atoms with E-state index < -0.39 is 32.0 Å². The lowest BCUT2D eigenvalue weighted by Gasteiger charge is -2.32. The van der Waals surface area contributed by atoms with Gasteiger partial charge in [0.05, 0.1) is 37.2 Å². The largest absolute Gasteiger partial charge is 0.495 e. The highest BCUT2D eigenvalue weighted by atomic mass is 32.2. The van der Waals surface area contributed by atoms with Crippen molar-refractivity contribution in [1.82, 2.24) is 8.61 Å². The molecule has 0 aromatic heterocycles. The first-order valence-corrected chi connectivity index (χ1v) is 13.0. The molecule has 1 aromatic rings. The number of amides is 1. The van der Waals surface area contributed by atoms with Gasteiger partial charge in [-0.15, -0.1) is 0 Å². The summed E-state index contributed by atoms with van der Waals surface area (Å²) in [5, 5.41) is 2.67. The molecule has 0 saturated carbocycles. The second-order valence-corrected chi connectivity index (χ2v) is 11.1. The van der Waals surface area contributed by atoms with Crippen molar-refractivity contribution in [3.63, 3.8) is 0 Å². The number of nitrogens with zero attached hydrogens (tertiary/aromatic N) is 2. The van der Waals surface area contributed by atoms with Crippen molar-refractivity contribution in [3.8, 4) is 5.75 Å². The third kappa shape index (κ3) is 4.94. The van der Waals surface area contributed by atoms with E-state index in [0.29, 0.717) is 26.1 Å². The number of hydrogen-bond donors (Lipinski definition) is 1. The zero-order valence-electron chi connectivity index (χ0n) is 17.0. The predicted molar refractivity (Wildman–Crippen MR) is 110 cm³/mol. The molecule has 2 aliphatic heterocycles. The lowest BCUT2D eigenvalue weighted by Crippen LogP contribution is -2.49. The van der Waals surface area contributed by atoms with Gasteiger partial charge in [0.1, 0.15) is 11.8 Å². The standard InChI is InChI=1S/C18H27N3O7S2/c1-27-17-7-6-14(30(25,26)20-9-11-28-12-10-20)13-15(17)19-18(22)16-5-3-4-8-21(16)29(2,23)24/h6-7,13,16H,3-5,8-12H2,1-2H3,(H,19,22). The van der Waals surface area contributed by atoms with Gasteiger partial charge < -0.3 is 14.8 Å². The molecule has 1 N–H and O–H groups in total. The zero-order valence-corrected chi connectivity index (χ0v) is 18.7. The van der Waals surface area contributed by atoms with Crippen LogP contribution >= 0.6 is 0 Å². The van der Waals surface area contributed by atoms with Crippen LogP contribution in [0.3, 0.4) is 0 Å². The number of rotatable bonds is 6. The Labute approximate surface area is 177 Å². The molecule has 0 spiro atoms. The maximum atomic E-state index is 12.9. The zero-order chi connectivity index (χ0) is 21.9. The first-order chi connectivity index (χ1) is 14.1. The summed E-state index contributed by atoms with van der Waals surface area (Å²) in [5.41, 5.74) is 0.177. The highest BCUT2D eigenvalue weighted by Gasteiger charge is 2.35. The Balaban J connectivity index is 1.87. The molecule has 1 atom stereocenters. The van der Waals surface area contributed by atoms with Crippen molar-refractivity contribution < 1.29 is 31.1 Å². The van der Waals surface area contributed by atoms with E-state index in [-0.39, 0.29) is 36.0 Å². The minimum atomic E-state index is -3.76. The van der Waals surface area contributed by atoms with Gasteiger partial charge >= 0.3 is 0 Å². The molecule has 1 unspecified atom stereocenters. The number of methoxy groups -OCH3 is 1. The third-order valence-electron chi connectivity index (χ3n) is 5.22. The lowest BCUT2D eigenvalue weighted by molar-refractivity contribution is -0.120. The molecule has 2 fully saturated rings. The van der Waals surface area contributed by atoms with E-state index in [1.807, 2.05) is 0 Å². The Morgan fingerprint density at radius 3 is 2.47 bits per heavy atom. The number of hydrogen-bond acceptors (Lipinski definition) is 7. The van der Waals surface area contributed by atoms with Crippen LogP contribution in [0.15, 0.2) is 23.1 Å². The number of ether oxygens (including phenoxy) is 2. The molecule has 1 aromatic carbocycles. The summed E-state index contributed by atoms with van der Waals surface area (Å²) in [7, 11) is -5.90. The predicted octanol–water partition coefficient (Wildman–Crippen LogP) is 0.469. The lowest BCUT2D eigenvalue weighted by atomic mass is 10.0. The van der Waals surface area contributed by atoms with Crippen LogP contribution in [0.4, 0.5) is 5.69 Å². The quantitative estimate of drug-likeness (QED) is 0.653. The smallest absolute Gasteiger partial charge is 0.243 e. The number of anilines is 1. The Hall–Kier alpha value is -1.73. The van der Waals surface area contributed by atoms with Crippen LogP contribution in [-0.4, -0.2) is 83.6 Å². The number of benzene rings is 1. The van der Waals surface area contributed by atoms with E-state index in [1.54, 1.807) is 0 Å². The maximum absolute atomic E-state index is 12.9. The van der Waals surface area contributed by atoms with Gasteiger partial charge in [-0.2, -0.15) is 8.61 Å². The molecule has 1 amide bonds. The molecule has 0 aliphatic carbocycles. The number of carbonyl (C=O) groups is 1. The van der Waals surface area contributed by atoms with Gasteiger partial charge in [0.25, 0.3) is 0 Å². The van der Waals surface area contributed by atoms with E-state index in [4.69, 9.17) is 9.47 Å². The van der Waals surface area contributed by atoms with E-state index in [0.717, 1.165) is 12.7 Å². The number of sulfonamides is 2. The van der Waals surface area contributed by atoms with E-state index in [2.05, 4.69) is 5.32 Å². The van der Waals surface area contributed by atoms with Gasteiger partial charge in [-0.25, -0.2) is 16.8 Å². The van der Waals surface area contributed by atoms with Crippen molar-refractivity contribution in [2.75, 3.05) is 51.5 Å². The van der Waals surface area contributed by atoms with Crippen LogP contribution in [-0.2, 0) is 29.6 Å². The maximum Gasteiger partial charge on any atom is 0.243 e. The first-order valence-electron chi connectivity index (χ1n) is 9.68. The number of nitrogens with one attached hydrogen (secondary N) is 1. The first kappa shape index (κ1) is 22.9. The third-order valence-corrected chi connectivity index (χ3v) is 8.40. The van der Waals surface area contributed by atoms with Crippen molar-refractivity contribution >= 4 is 31.6 Å². The van der Waals surface area contributed by atoms with E-state index >= 15 is 0 Å². The SMILES string of the molecule is COc1ccc(S(=O)(=O)N2CCOCC2)cc1NC(=O)C1CCCCN1S(C)(=O)=O. The number of carbonyl (C=O) groups excluding carboxylic acids is 1. The normalized spacial score (nSPS) is 21.9. The van der Waals surface area contributed by atoms with Gasteiger partial charge in [0, 0.05) is 19.6 Å². The summed E-state index contributed by atoms with van der Waals surface area (Å²) in [4.78, 5) is 12.9. The fourth-order valence-corrected chi connectivity index (χ4v) is 6.22. The summed E-state index contributed by atoms with van der Waals surface area (Å²) in [5.74, 6) is -0.231. The van der Waals surface area contributed by atoms with Crippen molar-refractivity contribution in [1.29, 1.82) is 0 Å². The minimum absolute atomic E-state index is 0.0177. The summed E-state index contributed by atoms with van der Waals surface area (Å²) in [6, 6.07) is 3.38. The van der Waals surface area contributed by atoms with Crippen molar-refractivity contribution in [2.24, 2.45) is 0 Å². The average molecular weight is 462 g/mol. The second kappa shape index (κ2) is 9.18. The minimum Gasteiger partial charge on any atom is -0.495 e. The van der Waals surface area contributed by atoms with Crippen molar-refractivity contribution in [2.45, 2.75) is 30.2 Å². The van der Waals surface area contributed by atoms with Crippen LogP contribution in [0.5, 0.6) is 5.75 Å². The summed E-state index contributed by atoms with van der Waals surface area (Å²) >= 11 is 0. The monoisotopic (exact) mass is 461 g/mol. The molecular weight excluding hydrogens is 434 g/mol.